The van der Waals surface area contributed by atoms with Crippen LogP contribution in [0.15, 0.2) is 6.20 Å². The monoisotopic (exact) mass is 333 g/mol. The largest absolute Gasteiger partial charge is 0.378 e. The molecule has 1 unspecified atom stereocenters. The Hall–Kier alpha value is -0.430. The predicted molar refractivity (Wildman–Crippen MR) is 71.6 cm³/mol. The van der Waals surface area contributed by atoms with Gasteiger partial charge in [0.25, 0.3) is 0 Å². The van der Waals surface area contributed by atoms with Gasteiger partial charge in [-0.05, 0) is 42.4 Å². The van der Waals surface area contributed by atoms with Crippen molar-refractivity contribution in [3.63, 3.8) is 0 Å². The van der Waals surface area contributed by atoms with Gasteiger partial charge in [-0.3, -0.25) is 0 Å². The lowest BCUT2D eigenvalue weighted by Crippen LogP contribution is -2.13. The van der Waals surface area contributed by atoms with Gasteiger partial charge in [-0.2, -0.15) is 0 Å². The van der Waals surface area contributed by atoms with Crippen molar-refractivity contribution in [2.24, 2.45) is 0 Å². The Labute approximate surface area is 109 Å². The van der Waals surface area contributed by atoms with Crippen LogP contribution in [-0.2, 0) is 11.2 Å². The van der Waals surface area contributed by atoms with E-state index in [-0.39, 0.29) is 0 Å². The van der Waals surface area contributed by atoms with Gasteiger partial charge < -0.3 is 10.1 Å². The first kappa shape index (κ1) is 12.0. The molecule has 1 aliphatic heterocycles. The quantitative estimate of drug-likeness (QED) is 0.859. The summed E-state index contributed by atoms with van der Waals surface area (Å²) in [5.41, 5.74) is 0. The third-order valence-corrected chi connectivity index (χ3v) is 3.36. The van der Waals surface area contributed by atoms with Crippen molar-refractivity contribution in [3.05, 3.63) is 15.6 Å². The highest BCUT2D eigenvalue weighted by atomic mass is 127. The van der Waals surface area contributed by atoms with Gasteiger partial charge in [0.15, 0.2) is 0 Å². The third kappa shape index (κ3) is 3.04. The second-order valence-corrected chi connectivity index (χ2v) is 5.01. The minimum Gasteiger partial charge on any atom is -0.378 e. The molecule has 1 fully saturated rings. The van der Waals surface area contributed by atoms with Gasteiger partial charge in [-0.1, -0.05) is 0 Å². The Morgan fingerprint density at radius 1 is 1.62 bits per heavy atom. The number of hydrogen-bond acceptors (Lipinski definition) is 4. The average Bonchev–Trinajstić information content (AvgIpc) is 2.76. The van der Waals surface area contributed by atoms with E-state index < -0.39 is 0 Å². The second-order valence-electron chi connectivity index (χ2n) is 3.85. The van der Waals surface area contributed by atoms with Crippen LogP contribution in [0, 0.1) is 3.57 Å². The zero-order valence-corrected chi connectivity index (χ0v) is 11.5. The fraction of sp³-hybridized carbons (Fsp3) is 0.636. The molecule has 0 bridgehead atoms. The molecule has 5 heteroatoms. The summed E-state index contributed by atoms with van der Waals surface area (Å²) in [5.74, 6) is 1.81. The summed E-state index contributed by atoms with van der Waals surface area (Å²) in [5, 5.41) is 3.24. The van der Waals surface area contributed by atoms with Crippen LogP contribution in [0.2, 0.25) is 0 Å². The lowest BCUT2D eigenvalue weighted by atomic mass is 10.2. The maximum atomic E-state index is 5.58. The molecule has 2 rings (SSSR count). The fourth-order valence-electron chi connectivity index (χ4n) is 1.80. The first-order chi connectivity index (χ1) is 7.79. The van der Waals surface area contributed by atoms with E-state index in [1.165, 1.54) is 0 Å². The van der Waals surface area contributed by atoms with Crippen molar-refractivity contribution < 1.29 is 4.74 Å². The topological polar surface area (TPSA) is 47.0 Å². The molecule has 1 aliphatic rings. The molecule has 1 N–H and O–H groups in total. The zero-order valence-electron chi connectivity index (χ0n) is 9.37. The first-order valence-electron chi connectivity index (χ1n) is 5.66. The normalized spacial score (nSPS) is 20.0. The summed E-state index contributed by atoms with van der Waals surface area (Å²) in [7, 11) is 0. The van der Waals surface area contributed by atoms with E-state index in [0.29, 0.717) is 6.10 Å². The number of ether oxygens (including phenoxy) is 1. The Morgan fingerprint density at radius 3 is 3.19 bits per heavy atom. The van der Waals surface area contributed by atoms with Gasteiger partial charge >= 0.3 is 0 Å². The summed E-state index contributed by atoms with van der Waals surface area (Å²) in [6, 6.07) is 0. The van der Waals surface area contributed by atoms with Gasteiger partial charge in [0.1, 0.15) is 11.6 Å². The smallest absolute Gasteiger partial charge is 0.143 e. The van der Waals surface area contributed by atoms with Crippen LogP contribution in [0.25, 0.3) is 0 Å². The predicted octanol–water partition coefficient (Wildman–Crippen LogP) is 2.23. The van der Waals surface area contributed by atoms with Gasteiger partial charge in [0, 0.05) is 25.8 Å². The average molecular weight is 333 g/mol. The molecule has 1 atom stereocenters. The van der Waals surface area contributed by atoms with Crippen LogP contribution >= 0.6 is 22.6 Å². The maximum Gasteiger partial charge on any atom is 0.143 e. The zero-order chi connectivity index (χ0) is 11.4. The van der Waals surface area contributed by atoms with Gasteiger partial charge in [-0.25, -0.2) is 9.97 Å². The molecule has 88 valence electrons. The highest BCUT2D eigenvalue weighted by Crippen LogP contribution is 2.18. The van der Waals surface area contributed by atoms with E-state index in [4.69, 9.17) is 4.74 Å². The van der Waals surface area contributed by atoms with E-state index >= 15 is 0 Å². The molecular formula is C11H16IN3O. The van der Waals surface area contributed by atoms with Crippen molar-refractivity contribution in [1.29, 1.82) is 0 Å². The molecule has 2 heterocycles. The van der Waals surface area contributed by atoms with Crippen molar-refractivity contribution in [1.82, 2.24) is 9.97 Å². The van der Waals surface area contributed by atoms with Gasteiger partial charge in [0.05, 0.1) is 9.67 Å². The first-order valence-corrected chi connectivity index (χ1v) is 6.74. The van der Waals surface area contributed by atoms with Gasteiger partial charge in [0.2, 0.25) is 0 Å². The number of nitrogens with one attached hydrogen (secondary N) is 1. The number of halogens is 1. The second kappa shape index (κ2) is 5.77. The molecule has 1 aromatic rings. The van der Waals surface area contributed by atoms with Crippen molar-refractivity contribution in [2.75, 3.05) is 18.5 Å². The molecule has 1 saturated heterocycles. The molecule has 0 saturated carbocycles. The minimum absolute atomic E-state index is 0.314. The Balaban J connectivity index is 2.05. The standard InChI is InChI=1S/C11H16IN3O/c1-2-13-11-9(12)7-14-10(15-11)6-8-4-3-5-16-8/h7-8H,2-6H2,1H3,(H,13,14,15). The number of nitrogens with zero attached hydrogens (tertiary/aromatic N) is 2. The maximum absolute atomic E-state index is 5.58. The number of aromatic nitrogens is 2. The van der Waals surface area contributed by atoms with E-state index in [1.807, 2.05) is 6.20 Å². The summed E-state index contributed by atoms with van der Waals surface area (Å²) in [4.78, 5) is 8.86. The Morgan fingerprint density at radius 2 is 2.50 bits per heavy atom. The molecule has 0 aliphatic carbocycles. The van der Waals surface area contributed by atoms with Crippen LogP contribution in [0.3, 0.4) is 0 Å². The van der Waals surface area contributed by atoms with Crippen LogP contribution in [0.1, 0.15) is 25.6 Å². The van der Waals surface area contributed by atoms with Crippen molar-refractivity contribution >= 4 is 28.4 Å². The SMILES string of the molecule is CCNc1nc(CC2CCCO2)ncc1I. The summed E-state index contributed by atoms with van der Waals surface area (Å²) in [6.45, 7) is 3.83. The molecular weight excluding hydrogens is 317 g/mol. The number of hydrogen-bond donors (Lipinski definition) is 1. The van der Waals surface area contributed by atoms with Crippen LogP contribution in [0.4, 0.5) is 5.82 Å². The van der Waals surface area contributed by atoms with Crippen LogP contribution < -0.4 is 5.32 Å². The molecule has 1 aromatic heterocycles. The van der Waals surface area contributed by atoms with Crippen LogP contribution in [-0.4, -0.2) is 29.2 Å². The number of anilines is 1. The van der Waals surface area contributed by atoms with E-state index in [2.05, 4.69) is 44.8 Å². The van der Waals surface area contributed by atoms with Crippen molar-refractivity contribution in [3.8, 4) is 0 Å². The molecule has 0 amide bonds. The van der Waals surface area contributed by atoms with Gasteiger partial charge in [-0.15, -0.1) is 0 Å². The van der Waals surface area contributed by atoms with Crippen molar-refractivity contribution in [2.45, 2.75) is 32.3 Å². The summed E-state index contributed by atoms with van der Waals surface area (Å²) < 4.78 is 6.65. The molecule has 0 aromatic carbocycles. The van der Waals surface area contributed by atoms with E-state index in [0.717, 1.165) is 47.6 Å². The summed E-state index contributed by atoms with van der Waals surface area (Å²) in [6.07, 6.45) is 5.31. The Kier molecular flexibility index (Phi) is 4.34. The highest BCUT2D eigenvalue weighted by Gasteiger charge is 2.17. The molecule has 0 radical (unpaired) electrons. The minimum atomic E-state index is 0.314. The lowest BCUT2D eigenvalue weighted by Gasteiger charge is -2.10. The van der Waals surface area contributed by atoms with Crippen LogP contribution in [0.5, 0.6) is 0 Å². The Bertz CT molecular complexity index is 353. The van der Waals surface area contributed by atoms with E-state index in [1.54, 1.807) is 0 Å². The fourth-order valence-corrected chi connectivity index (χ4v) is 2.25. The lowest BCUT2D eigenvalue weighted by molar-refractivity contribution is 0.110. The summed E-state index contributed by atoms with van der Waals surface area (Å²) >= 11 is 2.25. The third-order valence-electron chi connectivity index (χ3n) is 2.57. The highest BCUT2D eigenvalue weighted by molar-refractivity contribution is 14.1. The molecule has 0 spiro atoms. The number of rotatable bonds is 4. The molecule has 16 heavy (non-hydrogen) atoms. The van der Waals surface area contributed by atoms with E-state index in [9.17, 15) is 0 Å². The molecule has 4 nitrogen and oxygen atoms in total.